The summed E-state index contributed by atoms with van der Waals surface area (Å²) in [5, 5.41) is 4.27. The van der Waals surface area contributed by atoms with Gasteiger partial charge in [0, 0.05) is 54.9 Å². The van der Waals surface area contributed by atoms with E-state index in [0.717, 1.165) is 139 Å². The average molecular weight is 1430 g/mol. The number of hydrogen-bond acceptors (Lipinski definition) is 6. The third-order valence-corrected chi connectivity index (χ3v) is 23.3. The number of rotatable bonds is 13. The molecule has 0 N–H and O–H groups in total. The third-order valence-electron chi connectivity index (χ3n) is 23.3. The van der Waals surface area contributed by atoms with Crippen LogP contribution < -0.4 is 0 Å². The summed E-state index contributed by atoms with van der Waals surface area (Å²) in [7, 11) is 0. The molecular weight excluding hydrogens is 1360 g/mol. The lowest BCUT2D eigenvalue weighted by molar-refractivity contribution is 0.665. The van der Waals surface area contributed by atoms with Crippen molar-refractivity contribution >= 4 is 43.9 Å². The summed E-state index contributed by atoms with van der Waals surface area (Å²) >= 11 is 0. The predicted octanol–water partition coefficient (Wildman–Crippen LogP) is 26.8. The zero-order valence-corrected chi connectivity index (χ0v) is 60.7. The maximum absolute atomic E-state index is 7.07. The molecule has 1 unspecified atom stereocenters. The van der Waals surface area contributed by atoms with Gasteiger partial charge in [0.2, 0.25) is 0 Å². The Labute approximate surface area is 647 Å². The van der Waals surface area contributed by atoms with Crippen LogP contribution in [0.25, 0.3) is 167 Å². The summed E-state index contributed by atoms with van der Waals surface area (Å²) in [5.41, 5.74) is 32.5. The molecule has 2 aliphatic rings. The quantitative estimate of drug-likeness (QED) is 0.114. The minimum Gasteiger partial charge on any atom is -0.456 e. The highest BCUT2D eigenvalue weighted by Crippen LogP contribution is 2.60. The van der Waals surface area contributed by atoms with Crippen LogP contribution in [0.2, 0.25) is 0 Å². The number of aromatic nitrogens is 4. The zero-order valence-electron chi connectivity index (χ0n) is 60.7. The SMILES string of the molecule is c1ccc(-c2cc(-c3ccc(-c4ccc(C5(c6ccccc6)c6ccccc6-c6cc7c(cc65)oc5cccc(-c6cccc(-c8nc(-c9ccccc9)cc(-c9ccccc9)n8)c6)c57)cc4)cc3)nc(-c3cccc(-c4ccc5oc6cc7c(cc6c5c4)-c4ccccc4C7(c4ccccc4)c4ccccc4)c3)n2)cc1. The number of hydrogen-bond donors (Lipinski definition) is 0. The molecule has 4 heterocycles. The van der Waals surface area contributed by atoms with Crippen LogP contribution in [0.5, 0.6) is 0 Å². The van der Waals surface area contributed by atoms with Crippen molar-refractivity contribution in [2.24, 2.45) is 0 Å². The van der Waals surface area contributed by atoms with Crippen molar-refractivity contribution in [3.63, 3.8) is 0 Å². The molecule has 6 heteroatoms. The second-order valence-electron chi connectivity index (χ2n) is 29.4. The van der Waals surface area contributed by atoms with E-state index in [2.05, 4.69) is 382 Å². The van der Waals surface area contributed by atoms with Crippen LogP contribution >= 0.6 is 0 Å². The molecule has 112 heavy (non-hydrogen) atoms. The molecular formula is C106H66N4O2. The molecule has 2 aliphatic carbocycles. The first-order chi connectivity index (χ1) is 55.5. The van der Waals surface area contributed by atoms with Gasteiger partial charge in [-0.1, -0.05) is 334 Å². The first-order valence-corrected chi connectivity index (χ1v) is 38.2. The van der Waals surface area contributed by atoms with Crippen LogP contribution in [0.4, 0.5) is 0 Å². The Balaban J connectivity index is 0.596. The van der Waals surface area contributed by atoms with Crippen molar-refractivity contribution in [2.75, 3.05) is 0 Å². The standard InChI is InChI=1S/C106H66N4O2/c1-7-26-69(27-8-1)94-65-95(70-28-9-2-10-29-70)109-104(108-94)77-35-24-33-75(59-77)82-44-25-47-99-102(82)89-62-86-84-43-20-22-46-91(84)106(80-40-17-6-18-41-80,93(86)64-101(89)112-99)81-55-52-68(53-56-81)67-48-50-72(51-49-67)97-66-96(71-30-11-3-12-31-71)107-103(110-97)76-34-23-32-73(58-76)74-54-57-98-87(60-74)88-61-85-83-42-19-21-45-90(83)105(78-36-13-4-14-37-78,79-38-15-5-16-39-79)92(85)63-100(88)111-98/h1-66H. The van der Waals surface area contributed by atoms with E-state index >= 15 is 0 Å². The van der Waals surface area contributed by atoms with E-state index in [4.69, 9.17) is 28.8 Å². The van der Waals surface area contributed by atoms with Gasteiger partial charge in [0.25, 0.3) is 0 Å². The van der Waals surface area contributed by atoms with Gasteiger partial charge in [-0.25, -0.2) is 19.9 Å². The molecule has 0 spiro atoms. The first-order valence-electron chi connectivity index (χ1n) is 38.2. The molecule has 6 nitrogen and oxygen atoms in total. The molecule has 0 amide bonds. The smallest absolute Gasteiger partial charge is 0.160 e. The number of furan rings is 2. The van der Waals surface area contributed by atoms with E-state index in [1.807, 2.05) is 18.2 Å². The van der Waals surface area contributed by atoms with Gasteiger partial charge in [-0.3, -0.25) is 0 Å². The Hall–Kier alpha value is -14.7. The molecule has 0 radical (unpaired) electrons. The Morgan fingerprint density at radius 1 is 0.179 bits per heavy atom. The Morgan fingerprint density at radius 2 is 0.518 bits per heavy atom. The lowest BCUT2D eigenvalue weighted by Gasteiger charge is -2.34. The van der Waals surface area contributed by atoms with Crippen molar-refractivity contribution in [1.82, 2.24) is 19.9 Å². The summed E-state index contributed by atoms with van der Waals surface area (Å²) in [4.78, 5) is 21.2. The Kier molecular flexibility index (Phi) is 15.0. The lowest BCUT2D eigenvalue weighted by atomic mass is 9.67. The van der Waals surface area contributed by atoms with Crippen molar-refractivity contribution in [3.8, 4) is 123 Å². The molecule has 22 rings (SSSR count). The highest BCUT2D eigenvalue weighted by Gasteiger charge is 2.48. The molecule has 0 saturated heterocycles. The van der Waals surface area contributed by atoms with Gasteiger partial charge in [0.1, 0.15) is 22.3 Å². The number of fused-ring (bicyclic) bond motifs is 12. The van der Waals surface area contributed by atoms with E-state index in [0.29, 0.717) is 11.6 Å². The highest BCUT2D eigenvalue weighted by atomic mass is 16.3. The summed E-state index contributed by atoms with van der Waals surface area (Å²) in [6.45, 7) is 0. The minimum absolute atomic E-state index is 0.526. The van der Waals surface area contributed by atoms with Gasteiger partial charge in [0.15, 0.2) is 11.6 Å². The van der Waals surface area contributed by atoms with Gasteiger partial charge >= 0.3 is 0 Å². The molecule has 0 saturated carbocycles. The maximum atomic E-state index is 7.07. The summed E-state index contributed by atoms with van der Waals surface area (Å²) < 4.78 is 13.9. The van der Waals surface area contributed by atoms with E-state index in [1.165, 1.54) is 61.2 Å². The Morgan fingerprint density at radius 3 is 1.03 bits per heavy atom. The van der Waals surface area contributed by atoms with Gasteiger partial charge in [-0.15, -0.1) is 0 Å². The zero-order chi connectivity index (χ0) is 73.9. The van der Waals surface area contributed by atoms with Crippen LogP contribution in [-0.4, -0.2) is 19.9 Å². The van der Waals surface area contributed by atoms with Crippen molar-refractivity contribution in [1.29, 1.82) is 0 Å². The van der Waals surface area contributed by atoms with Crippen LogP contribution in [0.3, 0.4) is 0 Å². The van der Waals surface area contributed by atoms with Gasteiger partial charge in [0.05, 0.1) is 33.6 Å². The summed E-state index contributed by atoms with van der Waals surface area (Å²) in [6, 6.07) is 144. The number of benzene rings is 16. The molecule has 1 atom stereocenters. The molecule has 0 fully saturated rings. The van der Waals surface area contributed by atoms with E-state index in [1.54, 1.807) is 0 Å². The predicted molar refractivity (Wildman–Crippen MR) is 456 cm³/mol. The summed E-state index contributed by atoms with van der Waals surface area (Å²) in [5.74, 6) is 1.31. The first kappa shape index (κ1) is 64.5. The largest absolute Gasteiger partial charge is 0.456 e. The third kappa shape index (κ3) is 10.3. The van der Waals surface area contributed by atoms with E-state index in [9.17, 15) is 0 Å². The van der Waals surface area contributed by atoms with E-state index < -0.39 is 10.8 Å². The molecule has 16 aromatic carbocycles. The lowest BCUT2D eigenvalue weighted by Crippen LogP contribution is -2.28. The van der Waals surface area contributed by atoms with Gasteiger partial charge in [-0.2, -0.15) is 0 Å². The second kappa shape index (κ2) is 26.0. The molecule has 522 valence electrons. The van der Waals surface area contributed by atoms with Crippen LogP contribution in [0.15, 0.2) is 409 Å². The van der Waals surface area contributed by atoms with Crippen LogP contribution in [-0.2, 0) is 10.8 Å². The number of nitrogens with zero attached hydrogens (tertiary/aromatic N) is 4. The fraction of sp³-hybridized carbons (Fsp3) is 0.0189. The monoisotopic (exact) mass is 1430 g/mol. The van der Waals surface area contributed by atoms with Crippen molar-refractivity contribution < 1.29 is 8.83 Å². The maximum Gasteiger partial charge on any atom is 0.160 e. The molecule has 0 aliphatic heterocycles. The normalized spacial score (nSPS) is 13.8. The van der Waals surface area contributed by atoms with Crippen LogP contribution in [0, 0.1) is 0 Å². The average Bonchev–Trinajstić information content (AvgIpc) is 1.53. The second-order valence-corrected chi connectivity index (χ2v) is 29.4. The molecule has 0 bridgehead atoms. The van der Waals surface area contributed by atoms with Crippen molar-refractivity contribution in [3.05, 3.63) is 445 Å². The van der Waals surface area contributed by atoms with Gasteiger partial charge < -0.3 is 8.83 Å². The highest BCUT2D eigenvalue weighted by molar-refractivity contribution is 6.15. The van der Waals surface area contributed by atoms with Crippen LogP contribution in [0.1, 0.15) is 44.5 Å². The van der Waals surface area contributed by atoms with Gasteiger partial charge in [-0.05, 0) is 167 Å². The Bertz CT molecular complexity index is 6980. The van der Waals surface area contributed by atoms with E-state index in [-0.39, 0.29) is 0 Å². The topological polar surface area (TPSA) is 77.8 Å². The molecule has 4 aromatic heterocycles. The summed E-state index contributed by atoms with van der Waals surface area (Å²) in [6.07, 6.45) is 0. The molecule has 20 aromatic rings. The fourth-order valence-corrected chi connectivity index (χ4v) is 18.2. The fourth-order valence-electron chi connectivity index (χ4n) is 18.2. The van der Waals surface area contributed by atoms with Crippen molar-refractivity contribution in [2.45, 2.75) is 10.8 Å². The minimum atomic E-state index is -0.675.